The summed E-state index contributed by atoms with van der Waals surface area (Å²) in [5.74, 6) is 1.17. The number of aryl methyl sites for hydroxylation is 2. The largest absolute Gasteiger partial charge is 0.315 e. The fourth-order valence-corrected chi connectivity index (χ4v) is 6.50. The quantitative estimate of drug-likeness (QED) is 0.809. The second-order valence-electron chi connectivity index (χ2n) is 7.11. The van der Waals surface area contributed by atoms with Crippen molar-refractivity contribution in [3.63, 3.8) is 0 Å². The molecule has 2 aromatic carbocycles. The van der Waals surface area contributed by atoms with E-state index in [1.54, 1.807) is 11.8 Å². The Morgan fingerprint density at radius 3 is 2.58 bits per heavy atom. The maximum atomic E-state index is 12.1. The number of benzene rings is 2. The van der Waals surface area contributed by atoms with E-state index in [1.165, 1.54) is 16.7 Å². The van der Waals surface area contributed by atoms with Crippen LogP contribution in [0.25, 0.3) is 0 Å². The van der Waals surface area contributed by atoms with Gasteiger partial charge in [-0.05, 0) is 31.5 Å². The molecular formula is C20H22N2O2S2. The molecule has 4 nitrogen and oxygen atoms in total. The molecule has 4 rings (SSSR count). The van der Waals surface area contributed by atoms with Crippen LogP contribution in [0.4, 0.5) is 5.69 Å². The lowest BCUT2D eigenvalue weighted by molar-refractivity contribution is 0.601. The number of hydrogen-bond acceptors (Lipinski definition) is 5. The van der Waals surface area contributed by atoms with Crippen molar-refractivity contribution >= 4 is 32.5 Å². The molecule has 2 heterocycles. The average molecular weight is 387 g/mol. The summed E-state index contributed by atoms with van der Waals surface area (Å²) in [5.41, 5.74) is 4.71. The molecule has 6 heteroatoms. The van der Waals surface area contributed by atoms with Crippen LogP contribution >= 0.6 is 11.8 Å². The van der Waals surface area contributed by atoms with Gasteiger partial charge in [0.05, 0.1) is 23.6 Å². The monoisotopic (exact) mass is 386 g/mol. The lowest BCUT2D eigenvalue weighted by Crippen LogP contribution is -2.39. The van der Waals surface area contributed by atoms with Gasteiger partial charge in [-0.2, -0.15) is 0 Å². The van der Waals surface area contributed by atoms with E-state index in [0.717, 1.165) is 16.6 Å². The number of hydrogen-bond donors (Lipinski definition) is 0. The number of amidine groups is 1. The maximum absolute atomic E-state index is 12.1. The number of thioether (sulfide) groups is 1. The molecule has 0 bridgehead atoms. The van der Waals surface area contributed by atoms with E-state index in [4.69, 9.17) is 4.99 Å². The summed E-state index contributed by atoms with van der Waals surface area (Å²) in [5, 5.41) is 0.931. The van der Waals surface area contributed by atoms with Crippen molar-refractivity contribution in [1.29, 1.82) is 0 Å². The van der Waals surface area contributed by atoms with Crippen LogP contribution in [-0.2, 0) is 15.6 Å². The Bertz CT molecular complexity index is 952. The summed E-state index contributed by atoms with van der Waals surface area (Å²) < 4.78 is 24.2. The van der Waals surface area contributed by atoms with Gasteiger partial charge >= 0.3 is 0 Å². The van der Waals surface area contributed by atoms with E-state index in [2.05, 4.69) is 67.3 Å². The molecule has 2 aromatic rings. The van der Waals surface area contributed by atoms with Gasteiger partial charge in [-0.1, -0.05) is 59.3 Å². The topological polar surface area (TPSA) is 49.7 Å². The first-order valence-corrected chi connectivity index (χ1v) is 11.5. The molecular weight excluding hydrogens is 364 g/mol. The standard InChI is InChI=1S/C20H22N2O2S2/c1-14-6-8-17(9-7-14)22-19-13-26(23,24)12-18(19)21-20(22)25-11-16-5-3-4-15(2)10-16/h3-10,18-19H,11-13H2,1-2H3/t18-,19+/m1/s1. The fourth-order valence-electron chi connectivity index (χ4n) is 3.59. The third kappa shape index (κ3) is 3.53. The van der Waals surface area contributed by atoms with Crippen LogP contribution in [0, 0.1) is 13.8 Å². The molecule has 136 valence electrons. The Kier molecular flexibility index (Phi) is 4.57. The van der Waals surface area contributed by atoms with Crippen molar-refractivity contribution in [3.8, 4) is 0 Å². The predicted octanol–water partition coefficient (Wildman–Crippen LogP) is 3.58. The zero-order chi connectivity index (χ0) is 18.3. The number of fused-ring (bicyclic) bond motifs is 1. The molecule has 0 unspecified atom stereocenters. The molecule has 0 amide bonds. The number of sulfone groups is 1. The highest BCUT2D eigenvalue weighted by atomic mass is 32.2. The number of rotatable bonds is 3. The van der Waals surface area contributed by atoms with Crippen LogP contribution in [0.15, 0.2) is 53.5 Å². The van der Waals surface area contributed by atoms with Crippen LogP contribution in [0.1, 0.15) is 16.7 Å². The molecule has 26 heavy (non-hydrogen) atoms. The van der Waals surface area contributed by atoms with Crippen molar-refractivity contribution in [1.82, 2.24) is 0 Å². The summed E-state index contributed by atoms with van der Waals surface area (Å²) in [6, 6.07) is 16.5. The highest BCUT2D eigenvalue weighted by Crippen LogP contribution is 2.36. The first kappa shape index (κ1) is 17.6. The molecule has 1 fully saturated rings. The van der Waals surface area contributed by atoms with Gasteiger partial charge in [0.15, 0.2) is 15.0 Å². The van der Waals surface area contributed by atoms with Crippen LogP contribution in [0.2, 0.25) is 0 Å². The number of anilines is 1. The van der Waals surface area contributed by atoms with Crippen molar-refractivity contribution < 1.29 is 8.42 Å². The minimum atomic E-state index is -3.01. The predicted molar refractivity (Wildman–Crippen MR) is 110 cm³/mol. The summed E-state index contributed by atoms with van der Waals surface area (Å²) in [6.07, 6.45) is 0. The van der Waals surface area contributed by atoms with Crippen molar-refractivity contribution in [3.05, 3.63) is 65.2 Å². The molecule has 0 N–H and O–H groups in total. The van der Waals surface area contributed by atoms with Crippen LogP contribution in [0.3, 0.4) is 0 Å². The SMILES string of the molecule is Cc1ccc(N2C(SCc3cccc(C)c3)=N[C@@H]3CS(=O)(=O)C[C@@H]32)cc1. The third-order valence-electron chi connectivity index (χ3n) is 4.87. The Morgan fingerprint density at radius 1 is 1.08 bits per heavy atom. The highest BCUT2D eigenvalue weighted by Gasteiger charge is 2.47. The minimum absolute atomic E-state index is 0.0808. The molecule has 0 aromatic heterocycles. The fraction of sp³-hybridized carbons (Fsp3) is 0.350. The number of nitrogens with zero attached hydrogens (tertiary/aromatic N) is 2. The lowest BCUT2D eigenvalue weighted by atomic mass is 10.1. The normalized spacial score (nSPS) is 23.8. The Labute approximate surface area is 159 Å². The summed E-state index contributed by atoms with van der Waals surface area (Å²) in [6.45, 7) is 4.15. The second kappa shape index (κ2) is 6.74. The van der Waals surface area contributed by atoms with Crippen LogP contribution in [0.5, 0.6) is 0 Å². The van der Waals surface area contributed by atoms with Crippen LogP contribution < -0.4 is 4.90 Å². The molecule has 0 saturated carbocycles. The molecule has 2 aliphatic rings. The first-order valence-electron chi connectivity index (χ1n) is 8.74. The molecule has 0 aliphatic carbocycles. The molecule has 0 spiro atoms. The Hall–Kier alpha value is -1.79. The van der Waals surface area contributed by atoms with Crippen molar-refractivity contribution in [2.24, 2.45) is 4.99 Å². The Balaban J connectivity index is 1.61. The first-order chi connectivity index (χ1) is 12.4. The summed E-state index contributed by atoms with van der Waals surface area (Å²) in [4.78, 5) is 6.92. The minimum Gasteiger partial charge on any atom is -0.315 e. The number of aliphatic imine (C=N–C) groups is 1. The van der Waals surface area contributed by atoms with Crippen LogP contribution in [-0.4, -0.2) is 37.2 Å². The van der Waals surface area contributed by atoms with E-state index in [-0.39, 0.29) is 23.6 Å². The van der Waals surface area contributed by atoms with E-state index in [0.29, 0.717) is 0 Å². The molecule has 0 radical (unpaired) electrons. The second-order valence-corrected chi connectivity index (χ2v) is 10.2. The third-order valence-corrected chi connectivity index (χ3v) is 7.61. The van der Waals surface area contributed by atoms with Gasteiger partial charge in [-0.3, -0.25) is 4.99 Å². The van der Waals surface area contributed by atoms with Crippen molar-refractivity contribution in [2.45, 2.75) is 31.7 Å². The molecule has 2 atom stereocenters. The van der Waals surface area contributed by atoms with Gasteiger partial charge in [-0.25, -0.2) is 8.42 Å². The van der Waals surface area contributed by atoms with Gasteiger partial charge in [0, 0.05) is 11.4 Å². The van der Waals surface area contributed by atoms with Gasteiger partial charge in [0.2, 0.25) is 0 Å². The average Bonchev–Trinajstić information content (AvgIpc) is 3.05. The van der Waals surface area contributed by atoms with Gasteiger partial charge < -0.3 is 4.90 Å². The van der Waals surface area contributed by atoms with Crippen molar-refractivity contribution in [2.75, 3.05) is 16.4 Å². The highest BCUT2D eigenvalue weighted by molar-refractivity contribution is 8.13. The van der Waals surface area contributed by atoms with E-state index >= 15 is 0 Å². The van der Waals surface area contributed by atoms with Gasteiger partial charge in [0.25, 0.3) is 0 Å². The van der Waals surface area contributed by atoms with E-state index in [9.17, 15) is 8.42 Å². The maximum Gasteiger partial charge on any atom is 0.164 e. The summed E-state index contributed by atoms with van der Waals surface area (Å²) >= 11 is 1.69. The Morgan fingerprint density at radius 2 is 1.85 bits per heavy atom. The zero-order valence-corrected chi connectivity index (χ0v) is 16.6. The van der Waals surface area contributed by atoms with E-state index in [1.807, 2.05) is 0 Å². The van der Waals surface area contributed by atoms with E-state index < -0.39 is 9.84 Å². The van der Waals surface area contributed by atoms with Gasteiger partial charge in [-0.15, -0.1) is 0 Å². The molecule has 1 saturated heterocycles. The summed E-state index contributed by atoms with van der Waals surface area (Å²) in [7, 11) is -3.01. The lowest BCUT2D eigenvalue weighted by Gasteiger charge is -2.26. The zero-order valence-electron chi connectivity index (χ0n) is 14.9. The smallest absolute Gasteiger partial charge is 0.164 e. The molecule has 2 aliphatic heterocycles. The van der Waals surface area contributed by atoms with Gasteiger partial charge in [0.1, 0.15) is 0 Å².